The van der Waals surface area contributed by atoms with Crippen LogP contribution in [0.1, 0.15) is 61.5 Å². The van der Waals surface area contributed by atoms with Crippen molar-refractivity contribution in [2.75, 3.05) is 5.32 Å². The Kier molecular flexibility index (Phi) is 4.35. The van der Waals surface area contributed by atoms with Crippen molar-refractivity contribution in [3.8, 4) is 0 Å². The molecule has 0 aliphatic carbocycles. The van der Waals surface area contributed by atoms with Crippen LogP contribution in [-0.4, -0.2) is 25.7 Å². The van der Waals surface area contributed by atoms with E-state index in [1.54, 1.807) is 24.0 Å². The fourth-order valence-corrected chi connectivity index (χ4v) is 1.85. The van der Waals surface area contributed by atoms with Crippen LogP contribution >= 0.6 is 0 Å². The lowest BCUT2D eigenvalue weighted by atomic mass is 10.1. The van der Waals surface area contributed by atoms with Crippen molar-refractivity contribution in [1.82, 2.24) is 19.7 Å². The molecule has 1 N–H and O–H groups in total. The summed E-state index contributed by atoms with van der Waals surface area (Å²) >= 11 is 0. The van der Waals surface area contributed by atoms with Crippen LogP contribution in [0.15, 0.2) is 18.3 Å². The lowest BCUT2D eigenvalue weighted by molar-refractivity contribution is 0.102. The Morgan fingerprint density at radius 3 is 2.52 bits per heavy atom. The first-order chi connectivity index (χ1) is 9.88. The lowest BCUT2D eigenvalue weighted by Crippen LogP contribution is -2.17. The number of hydrogen-bond donors (Lipinski definition) is 1. The minimum absolute atomic E-state index is 0.182. The van der Waals surface area contributed by atoms with E-state index in [4.69, 9.17) is 0 Å². The molecule has 21 heavy (non-hydrogen) atoms. The van der Waals surface area contributed by atoms with Gasteiger partial charge in [-0.25, -0.2) is 9.97 Å². The largest absolute Gasteiger partial charge is 0.305 e. The van der Waals surface area contributed by atoms with E-state index in [2.05, 4.69) is 34.2 Å². The van der Waals surface area contributed by atoms with Crippen LogP contribution in [0.2, 0.25) is 0 Å². The highest BCUT2D eigenvalue weighted by molar-refractivity contribution is 6.02. The van der Waals surface area contributed by atoms with Gasteiger partial charge in [0.1, 0.15) is 17.3 Å². The fraction of sp³-hybridized carbons (Fsp3) is 0.467. The predicted octanol–water partition coefficient (Wildman–Crippen LogP) is 2.71. The molecule has 1 amide bonds. The molecule has 2 aromatic heterocycles. The van der Waals surface area contributed by atoms with Gasteiger partial charge in [-0.2, -0.15) is 5.10 Å². The molecule has 0 aliphatic heterocycles. The van der Waals surface area contributed by atoms with Gasteiger partial charge in [0, 0.05) is 25.2 Å². The van der Waals surface area contributed by atoms with Gasteiger partial charge in [-0.15, -0.1) is 0 Å². The van der Waals surface area contributed by atoms with Crippen LogP contribution in [0, 0.1) is 0 Å². The highest BCUT2D eigenvalue weighted by atomic mass is 16.2. The summed E-state index contributed by atoms with van der Waals surface area (Å²) in [6.07, 6.45) is 1.61. The number of carbonyl (C=O) groups is 1. The number of nitrogens with zero attached hydrogens (tertiary/aromatic N) is 4. The first kappa shape index (κ1) is 15.2. The number of carbonyl (C=O) groups excluding carboxylic acids is 1. The lowest BCUT2D eigenvalue weighted by Gasteiger charge is -2.07. The van der Waals surface area contributed by atoms with Gasteiger partial charge in [0.15, 0.2) is 0 Å². The number of rotatable bonds is 4. The van der Waals surface area contributed by atoms with Crippen LogP contribution in [-0.2, 0) is 7.05 Å². The second-order valence-electron chi connectivity index (χ2n) is 5.64. The second-order valence-corrected chi connectivity index (χ2v) is 5.64. The van der Waals surface area contributed by atoms with Gasteiger partial charge in [-0.05, 0) is 12.0 Å². The number of hydrogen-bond acceptors (Lipinski definition) is 4. The summed E-state index contributed by atoms with van der Waals surface area (Å²) in [4.78, 5) is 20.7. The highest BCUT2D eigenvalue weighted by Gasteiger charge is 2.14. The van der Waals surface area contributed by atoms with Crippen molar-refractivity contribution < 1.29 is 4.79 Å². The van der Waals surface area contributed by atoms with Crippen molar-refractivity contribution in [3.63, 3.8) is 0 Å². The molecule has 6 heteroatoms. The van der Waals surface area contributed by atoms with Crippen LogP contribution in [0.4, 0.5) is 5.82 Å². The van der Waals surface area contributed by atoms with E-state index >= 15 is 0 Å². The molecule has 112 valence electrons. The molecule has 2 aromatic rings. The van der Waals surface area contributed by atoms with Gasteiger partial charge in [0.2, 0.25) is 0 Å². The average molecular weight is 287 g/mol. The van der Waals surface area contributed by atoms with Crippen molar-refractivity contribution in [2.45, 2.75) is 39.5 Å². The number of aromatic nitrogens is 4. The van der Waals surface area contributed by atoms with Crippen molar-refractivity contribution in [2.24, 2.45) is 7.05 Å². The Balaban J connectivity index is 2.20. The van der Waals surface area contributed by atoms with E-state index < -0.39 is 0 Å². The van der Waals surface area contributed by atoms with Gasteiger partial charge in [0.05, 0.1) is 5.69 Å². The summed E-state index contributed by atoms with van der Waals surface area (Å²) < 4.78 is 1.66. The second kappa shape index (κ2) is 6.03. The normalized spacial score (nSPS) is 11.2. The predicted molar refractivity (Wildman–Crippen MR) is 81.4 cm³/mol. The van der Waals surface area contributed by atoms with E-state index in [-0.39, 0.29) is 11.8 Å². The van der Waals surface area contributed by atoms with Crippen LogP contribution < -0.4 is 5.32 Å². The summed E-state index contributed by atoms with van der Waals surface area (Å²) in [5.74, 6) is 1.57. The first-order valence-corrected chi connectivity index (χ1v) is 7.06. The SMILES string of the molecule is CC(C)c1cc(NC(=O)c2ccnc(C(C)C)n2)n(C)n1. The van der Waals surface area contributed by atoms with Gasteiger partial charge < -0.3 is 5.32 Å². The number of nitrogens with one attached hydrogen (secondary N) is 1. The molecule has 0 fully saturated rings. The zero-order valence-electron chi connectivity index (χ0n) is 13.1. The maximum atomic E-state index is 12.3. The minimum atomic E-state index is -0.252. The maximum Gasteiger partial charge on any atom is 0.275 e. The molecule has 0 spiro atoms. The third-order valence-corrected chi connectivity index (χ3v) is 3.16. The summed E-state index contributed by atoms with van der Waals surface area (Å²) in [6.45, 7) is 8.11. The molecule has 0 bridgehead atoms. The summed E-state index contributed by atoms with van der Waals surface area (Å²) in [6, 6.07) is 3.49. The Morgan fingerprint density at radius 1 is 1.24 bits per heavy atom. The van der Waals surface area contributed by atoms with Gasteiger partial charge in [-0.1, -0.05) is 27.7 Å². The Morgan fingerprint density at radius 2 is 1.95 bits per heavy atom. The van der Waals surface area contributed by atoms with Crippen molar-refractivity contribution in [3.05, 3.63) is 35.5 Å². The van der Waals surface area contributed by atoms with E-state index in [0.29, 0.717) is 23.3 Å². The fourth-order valence-electron chi connectivity index (χ4n) is 1.85. The molecule has 2 rings (SSSR count). The molecule has 0 radical (unpaired) electrons. The molecule has 0 saturated carbocycles. The summed E-state index contributed by atoms with van der Waals surface area (Å²) in [7, 11) is 1.81. The molecule has 0 unspecified atom stereocenters. The molecular weight excluding hydrogens is 266 g/mol. The van der Waals surface area contributed by atoms with E-state index in [1.807, 2.05) is 19.9 Å². The van der Waals surface area contributed by atoms with Crippen molar-refractivity contribution in [1.29, 1.82) is 0 Å². The average Bonchev–Trinajstić information content (AvgIpc) is 2.80. The molecule has 0 aliphatic rings. The van der Waals surface area contributed by atoms with Crippen LogP contribution in [0.5, 0.6) is 0 Å². The Bertz CT molecular complexity index is 645. The monoisotopic (exact) mass is 287 g/mol. The zero-order chi connectivity index (χ0) is 15.6. The number of aryl methyl sites for hydroxylation is 1. The smallest absolute Gasteiger partial charge is 0.275 e. The molecule has 0 atom stereocenters. The van der Waals surface area contributed by atoms with Gasteiger partial charge >= 0.3 is 0 Å². The van der Waals surface area contributed by atoms with E-state index in [1.165, 1.54) is 0 Å². The minimum Gasteiger partial charge on any atom is -0.305 e. The van der Waals surface area contributed by atoms with Crippen LogP contribution in [0.3, 0.4) is 0 Å². The van der Waals surface area contributed by atoms with E-state index in [9.17, 15) is 4.79 Å². The molecule has 2 heterocycles. The standard InChI is InChI=1S/C15H21N5O/c1-9(2)12-8-13(20(5)19-12)18-15(21)11-6-7-16-14(17-11)10(3)4/h6-10H,1-5H3,(H,18,21). The number of amides is 1. The van der Waals surface area contributed by atoms with Gasteiger partial charge in [-0.3, -0.25) is 9.48 Å². The topological polar surface area (TPSA) is 72.7 Å². The Labute approximate surface area is 124 Å². The molecule has 0 saturated heterocycles. The maximum absolute atomic E-state index is 12.3. The quantitative estimate of drug-likeness (QED) is 0.938. The Hall–Kier alpha value is -2.24. The van der Waals surface area contributed by atoms with E-state index in [0.717, 1.165) is 5.69 Å². The summed E-state index contributed by atoms with van der Waals surface area (Å²) in [5, 5.41) is 7.21. The molecule has 6 nitrogen and oxygen atoms in total. The third-order valence-electron chi connectivity index (χ3n) is 3.16. The third kappa shape index (κ3) is 3.45. The summed E-state index contributed by atoms with van der Waals surface area (Å²) in [5.41, 5.74) is 1.30. The van der Waals surface area contributed by atoms with Gasteiger partial charge in [0.25, 0.3) is 5.91 Å². The first-order valence-electron chi connectivity index (χ1n) is 7.06. The highest BCUT2D eigenvalue weighted by Crippen LogP contribution is 2.17. The van der Waals surface area contributed by atoms with Crippen molar-refractivity contribution >= 4 is 11.7 Å². The van der Waals surface area contributed by atoms with Crippen LogP contribution in [0.25, 0.3) is 0 Å². The number of anilines is 1. The molecular formula is C15H21N5O. The zero-order valence-corrected chi connectivity index (χ0v) is 13.1. The molecule has 0 aromatic carbocycles.